The van der Waals surface area contributed by atoms with Crippen LogP contribution in [0.4, 0.5) is 4.79 Å². The molecule has 5 N–H and O–H groups in total. The molecule has 13 unspecified atom stereocenters. The highest BCUT2D eigenvalue weighted by Gasteiger charge is 2.41. The smallest absolute Gasteiger partial charge is 0.404 e. The molecule has 1 amide bonds. The summed E-state index contributed by atoms with van der Waals surface area (Å²) in [7, 11) is 0. The molecule has 0 aromatic heterocycles. The number of rotatable bonds is 9. The summed E-state index contributed by atoms with van der Waals surface area (Å²) in [5.41, 5.74) is 7.78. The molecule has 2 bridgehead atoms. The van der Waals surface area contributed by atoms with Gasteiger partial charge in [-0.3, -0.25) is 9.59 Å². The molecule has 0 saturated carbocycles. The molecule has 12 nitrogen and oxygen atoms in total. The summed E-state index contributed by atoms with van der Waals surface area (Å²) >= 11 is 0. The number of ketones is 1. The number of esters is 1. The van der Waals surface area contributed by atoms with Crippen LogP contribution in [0.15, 0.2) is 47.1 Å². The van der Waals surface area contributed by atoms with Gasteiger partial charge in [0, 0.05) is 31.1 Å². The number of ether oxygens (including phenoxy) is 5. The van der Waals surface area contributed by atoms with Crippen molar-refractivity contribution in [1.82, 2.24) is 0 Å². The summed E-state index contributed by atoms with van der Waals surface area (Å²) in [6, 6.07) is 0. The molecule has 0 aromatic carbocycles. The minimum atomic E-state index is -1.76. The van der Waals surface area contributed by atoms with Gasteiger partial charge in [-0.2, -0.15) is 0 Å². The van der Waals surface area contributed by atoms with Gasteiger partial charge in [0.2, 0.25) is 0 Å². The lowest BCUT2D eigenvalue weighted by Gasteiger charge is -2.38. The number of carbonyl (C=O) groups excluding carboxylic acids is 3. The number of cyclic esters (lactones) is 1. The molecule has 13 atom stereocenters. The van der Waals surface area contributed by atoms with Crippen LogP contribution in [0.1, 0.15) is 114 Å². The fraction of sp³-hybridized carbons (Fsp3) is 0.732. The Morgan fingerprint density at radius 3 is 2.43 bits per heavy atom. The number of aliphatic hydroxyl groups excluding tert-OH is 2. The zero-order valence-corrected chi connectivity index (χ0v) is 33.2. The van der Waals surface area contributed by atoms with Crippen LogP contribution in [0.3, 0.4) is 0 Å². The van der Waals surface area contributed by atoms with E-state index in [9.17, 15) is 29.7 Å². The van der Waals surface area contributed by atoms with Crippen LogP contribution in [-0.4, -0.2) is 88.0 Å². The van der Waals surface area contributed by atoms with E-state index in [0.717, 1.165) is 11.1 Å². The molecule has 12 heteroatoms. The summed E-state index contributed by atoms with van der Waals surface area (Å²) in [5.74, 6) is -3.42. The first-order valence-corrected chi connectivity index (χ1v) is 19.3. The second-order valence-corrected chi connectivity index (χ2v) is 15.7. The maximum Gasteiger partial charge on any atom is 0.404 e. The molecule has 1 saturated heterocycles. The summed E-state index contributed by atoms with van der Waals surface area (Å²) in [4.78, 5) is 37.4. The highest BCUT2D eigenvalue weighted by molar-refractivity contribution is 5.94. The van der Waals surface area contributed by atoms with Crippen LogP contribution < -0.4 is 5.73 Å². The Kier molecular flexibility index (Phi) is 16.9. The third kappa shape index (κ3) is 13.1. The maximum atomic E-state index is 13.6. The number of hydrogen-bond donors (Lipinski definition) is 4. The first kappa shape index (κ1) is 44.5. The van der Waals surface area contributed by atoms with Crippen LogP contribution in [0.2, 0.25) is 0 Å². The highest BCUT2D eigenvalue weighted by Crippen LogP contribution is 2.35. The molecule has 0 spiro atoms. The molecule has 1 fully saturated rings. The average molecular weight is 748 g/mol. The Morgan fingerprint density at radius 1 is 1.09 bits per heavy atom. The Hall–Kier alpha value is -2.87. The summed E-state index contributed by atoms with van der Waals surface area (Å²) < 4.78 is 29.8. The molecule has 300 valence electrons. The fourth-order valence-corrected chi connectivity index (χ4v) is 7.71. The van der Waals surface area contributed by atoms with Crippen molar-refractivity contribution >= 4 is 17.8 Å². The van der Waals surface area contributed by atoms with Crippen LogP contribution in [0.25, 0.3) is 0 Å². The number of fused-ring (bicyclic) bond motifs is 2. The molecule has 3 heterocycles. The Morgan fingerprint density at radius 2 is 1.77 bits per heavy atom. The third-order valence-corrected chi connectivity index (χ3v) is 10.8. The second-order valence-electron chi connectivity index (χ2n) is 15.7. The van der Waals surface area contributed by atoms with Gasteiger partial charge in [-0.05, 0) is 81.9 Å². The molecule has 0 radical (unpaired) electrons. The van der Waals surface area contributed by atoms with Gasteiger partial charge in [0.05, 0.1) is 24.7 Å². The van der Waals surface area contributed by atoms with Crippen LogP contribution in [-0.2, 0) is 33.3 Å². The van der Waals surface area contributed by atoms with E-state index in [2.05, 4.69) is 6.08 Å². The minimum Gasteiger partial charge on any atom is -0.462 e. The number of nitrogens with two attached hydrogens (primary N) is 1. The van der Waals surface area contributed by atoms with Gasteiger partial charge < -0.3 is 44.7 Å². The van der Waals surface area contributed by atoms with Crippen molar-refractivity contribution in [3.8, 4) is 0 Å². The topological polar surface area (TPSA) is 184 Å². The van der Waals surface area contributed by atoms with E-state index >= 15 is 0 Å². The van der Waals surface area contributed by atoms with Gasteiger partial charge in [-0.25, -0.2) is 4.79 Å². The lowest BCUT2D eigenvalue weighted by molar-refractivity contribution is -0.254. The van der Waals surface area contributed by atoms with Gasteiger partial charge in [0.1, 0.15) is 24.4 Å². The highest BCUT2D eigenvalue weighted by atomic mass is 16.7. The molecular formula is C41H65NO11. The van der Waals surface area contributed by atoms with Crippen molar-refractivity contribution in [3.63, 3.8) is 0 Å². The maximum absolute atomic E-state index is 13.6. The quantitative estimate of drug-likeness (QED) is 0.124. The zero-order valence-electron chi connectivity index (χ0n) is 33.2. The summed E-state index contributed by atoms with van der Waals surface area (Å²) in [5, 5.41) is 33.8. The van der Waals surface area contributed by atoms with Crippen molar-refractivity contribution in [1.29, 1.82) is 0 Å². The predicted molar refractivity (Wildman–Crippen MR) is 200 cm³/mol. The van der Waals surface area contributed by atoms with Crippen LogP contribution >= 0.6 is 0 Å². The average Bonchev–Trinajstić information content (AvgIpc) is 3.08. The SMILES string of the molecule is CCC(=O)C(C)=CC(C)CC(C)C1OC(=O)CC2(O)CC=C(C)C(O2)C(C)=CCCCC(OC2CC(OC(N)=O)C(O)C(C)O2)C=CC(C)C(O)C1C. The minimum absolute atomic E-state index is 0.000108. The molecule has 3 aliphatic rings. The largest absolute Gasteiger partial charge is 0.462 e. The van der Waals surface area contributed by atoms with Gasteiger partial charge in [0.25, 0.3) is 0 Å². The monoisotopic (exact) mass is 747 g/mol. The van der Waals surface area contributed by atoms with Gasteiger partial charge in [-0.1, -0.05) is 65.0 Å². The van der Waals surface area contributed by atoms with E-state index in [1.54, 1.807) is 6.92 Å². The van der Waals surface area contributed by atoms with E-state index in [4.69, 9.17) is 29.4 Å². The van der Waals surface area contributed by atoms with E-state index < -0.39 is 72.8 Å². The normalized spacial score (nSPS) is 36.5. The summed E-state index contributed by atoms with van der Waals surface area (Å²) in [6.07, 6.45) is 5.49. The molecular weight excluding hydrogens is 682 g/mol. The van der Waals surface area contributed by atoms with Crippen LogP contribution in [0, 0.1) is 23.7 Å². The van der Waals surface area contributed by atoms with Crippen molar-refractivity contribution in [2.75, 3.05) is 0 Å². The number of Topliss-reactive ketones (excluding diaryl/α,β-unsaturated/α-hetero) is 1. The van der Waals surface area contributed by atoms with E-state index in [1.165, 1.54) is 0 Å². The molecule has 0 aromatic rings. The standard InChI is InChI=1S/C41H65NO11/c1-10-32(43)27(6)19-23(2)20-28(7)39-29(8)36(45)24(3)15-16-31(50-35-21-33(51-40(42)47)37(46)30(9)49-35)14-12-11-13-25(4)38-26(5)17-18-41(48,53-38)22-34(44)52-39/h13,15-17,19,23-24,28-31,33,35-39,45-46,48H,10-12,14,18,20-22H2,1-9H3,(H2,42,47). The van der Waals surface area contributed by atoms with Crippen molar-refractivity contribution in [2.24, 2.45) is 29.4 Å². The fourth-order valence-electron chi connectivity index (χ4n) is 7.71. The Bertz CT molecular complexity index is 1370. The lowest BCUT2D eigenvalue weighted by Crippen LogP contribution is -2.50. The molecule has 53 heavy (non-hydrogen) atoms. The van der Waals surface area contributed by atoms with Gasteiger partial charge in [0.15, 0.2) is 17.9 Å². The third-order valence-electron chi connectivity index (χ3n) is 10.8. The Balaban J connectivity index is 1.94. The first-order valence-electron chi connectivity index (χ1n) is 19.3. The lowest BCUT2D eigenvalue weighted by atomic mass is 9.80. The van der Waals surface area contributed by atoms with Gasteiger partial charge in [-0.15, -0.1) is 0 Å². The number of primary amides is 1. The van der Waals surface area contributed by atoms with E-state index in [1.807, 2.05) is 79.7 Å². The Labute approximate surface area is 315 Å². The number of allylic oxidation sites excluding steroid dienone is 3. The first-order chi connectivity index (χ1) is 24.8. The number of amides is 1. The number of aliphatic hydroxyl groups is 3. The number of hydrogen-bond acceptors (Lipinski definition) is 11. The molecule has 3 rings (SSSR count). The number of carbonyl (C=O) groups is 3. The molecule has 0 aliphatic carbocycles. The van der Waals surface area contributed by atoms with Crippen molar-refractivity contribution in [2.45, 2.75) is 168 Å². The van der Waals surface area contributed by atoms with E-state index in [-0.39, 0.29) is 42.8 Å². The van der Waals surface area contributed by atoms with E-state index in [0.29, 0.717) is 37.7 Å². The second kappa shape index (κ2) is 20.2. The van der Waals surface area contributed by atoms with Gasteiger partial charge >= 0.3 is 12.1 Å². The predicted octanol–water partition coefficient (Wildman–Crippen LogP) is 5.96. The summed E-state index contributed by atoms with van der Waals surface area (Å²) in [6.45, 7) is 16.9. The zero-order chi connectivity index (χ0) is 39.6. The van der Waals surface area contributed by atoms with Crippen LogP contribution in [0.5, 0.6) is 0 Å². The molecule has 3 aliphatic heterocycles. The van der Waals surface area contributed by atoms with Crippen molar-refractivity contribution < 1.29 is 53.4 Å². The van der Waals surface area contributed by atoms with Crippen molar-refractivity contribution in [3.05, 3.63) is 47.1 Å².